The maximum atomic E-state index is 11.7. The van der Waals surface area contributed by atoms with E-state index in [4.69, 9.17) is 10.5 Å². The number of carbonyl (C=O) groups is 4. The number of aldehydes is 1. The van der Waals surface area contributed by atoms with Crippen LogP contribution < -0.4 is 5.73 Å². The zero-order valence-electron chi connectivity index (χ0n) is 20.7. The van der Waals surface area contributed by atoms with Crippen molar-refractivity contribution in [3.63, 3.8) is 0 Å². The van der Waals surface area contributed by atoms with Gasteiger partial charge in [0.05, 0.1) is 11.1 Å². The Kier molecular flexibility index (Phi) is 10.6. The molecule has 0 unspecified atom stereocenters. The van der Waals surface area contributed by atoms with E-state index in [0.717, 1.165) is 37.2 Å². The molecule has 2 aromatic carbocycles. The predicted molar refractivity (Wildman–Crippen MR) is 136 cm³/mol. The van der Waals surface area contributed by atoms with Gasteiger partial charge < -0.3 is 20.7 Å². The first-order chi connectivity index (χ1) is 16.7. The Morgan fingerprint density at radius 2 is 1.26 bits per heavy atom. The molecule has 4 rings (SSSR count). The number of hydrogen-bond donors (Lipinski definition) is 3. The molecule has 0 amide bonds. The first-order valence-corrected chi connectivity index (χ1v) is 12.3. The molecule has 0 atom stereocenters. The van der Waals surface area contributed by atoms with Crippen LogP contribution in [-0.2, 0) is 4.79 Å². The van der Waals surface area contributed by atoms with Crippen LogP contribution in [0.1, 0.15) is 108 Å². The number of benzene rings is 2. The first kappa shape index (κ1) is 28.2. The minimum absolute atomic E-state index is 0.0341. The first-order valence-electron chi connectivity index (χ1n) is 12.3. The minimum Gasteiger partial charge on any atom is -0.478 e. The number of carboxylic acid groups (broad SMARTS) is 2. The second-order valence-corrected chi connectivity index (χ2v) is 9.86. The lowest BCUT2D eigenvalue weighted by atomic mass is 9.77. The summed E-state index contributed by atoms with van der Waals surface area (Å²) in [4.78, 5) is 42.8. The molecule has 2 aliphatic rings. The molecule has 35 heavy (non-hydrogen) atoms. The zero-order chi connectivity index (χ0) is 26.1. The van der Waals surface area contributed by atoms with E-state index in [2.05, 4.69) is 13.8 Å². The van der Waals surface area contributed by atoms with E-state index < -0.39 is 11.9 Å². The fraction of sp³-hybridized carbons (Fsp3) is 0.500. The Balaban J connectivity index is 0.000000363. The normalized spacial score (nSPS) is 23.7. The summed E-state index contributed by atoms with van der Waals surface area (Å²) in [7, 11) is 0. The molecule has 2 fully saturated rings. The standard InChI is InChI=1S/C20H20O5.C7H15N.CH2O/c1-11-2-4-12(5-3-11)14-8-9-15(19(22)23)17-13(10-21)6-7-16(18(14)17)20(24)25;1-6-2-4-7(8)5-3-6;1-2/h6-12H,2-5H2,1H3,(H,22,23)(H,24,25);6-7H,2-5,8H2,1H3;1H2. The summed E-state index contributed by atoms with van der Waals surface area (Å²) in [5.41, 5.74) is 6.77. The van der Waals surface area contributed by atoms with E-state index in [1.165, 1.54) is 43.9 Å². The highest BCUT2D eigenvalue weighted by Crippen LogP contribution is 2.41. The monoisotopic (exact) mass is 483 g/mol. The maximum absolute atomic E-state index is 11.7. The molecular weight excluding hydrogens is 446 g/mol. The van der Waals surface area contributed by atoms with Crippen LogP contribution >= 0.6 is 0 Å². The Hall–Kier alpha value is -3.06. The summed E-state index contributed by atoms with van der Waals surface area (Å²) >= 11 is 0. The largest absolute Gasteiger partial charge is 0.478 e. The average molecular weight is 484 g/mol. The number of rotatable bonds is 4. The molecule has 2 aliphatic carbocycles. The molecule has 0 heterocycles. The molecule has 4 N–H and O–H groups in total. The fourth-order valence-electron chi connectivity index (χ4n) is 5.20. The van der Waals surface area contributed by atoms with Gasteiger partial charge >= 0.3 is 11.9 Å². The summed E-state index contributed by atoms with van der Waals surface area (Å²) in [5.74, 6) is -0.517. The topological polar surface area (TPSA) is 135 Å². The third kappa shape index (κ3) is 6.98. The molecule has 0 aromatic heterocycles. The molecule has 0 saturated heterocycles. The summed E-state index contributed by atoms with van der Waals surface area (Å²) in [5, 5.41) is 19.7. The van der Waals surface area contributed by atoms with Crippen LogP contribution in [0.3, 0.4) is 0 Å². The molecule has 0 radical (unpaired) electrons. The van der Waals surface area contributed by atoms with E-state index in [9.17, 15) is 24.6 Å². The van der Waals surface area contributed by atoms with Crippen molar-refractivity contribution in [3.05, 3.63) is 46.5 Å². The van der Waals surface area contributed by atoms with Crippen LogP contribution in [0.4, 0.5) is 0 Å². The summed E-state index contributed by atoms with van der Waals surface area (Å²) in [6, 6.07) is 6.53. The van der Waals surface area contributed by atoms with Crippen molar-refractivity contribution in [1.29, 1.82) is 0 Å². The van der Waals surface area contributed by atoms with Gasteiger partial charge in [-0.15, -0.1) is 0 Å². The van der Waals surface area contributed by atoms with E-state index in [1.54, 1.807) is 6.07 Å². The van der Waals surface area contributed by atoms with Gasteiger partial charge in [-0.3, -0.25) is 4.79 Å². The summed E-state index contributed by atoms with van der Waals surface area (Å²) < 4.78 is 0. The van der Waals surface area contributed by atoms with Crippen molar-refractivity contribution >= 4 is 35.8 Å². The van der Waals surface area contributed by atoms with E-state index in [-0.39, 0.29) is 28.0 Å². The van der Waals surface area contributed by atoms with Gasteiger partial charge in [0.2, 0.25) is 0 Å². The number of aromatic carboxylic acids is 2. The Morgan fingerprint density at radius 1 is 0.800 bits per heavy atom. The minimum atomic E-state index is -1.17. The number of fused-ring (bicyclic) bond motifs is 1. The number of hydrogen-bond acceptors (Lipinski definition) is 5. The zero-order valence-corrected chi connectivity index (χ0v) is 20.7. The molecule has 7 heteroatoms. The number of carbonyl (C=O) groups excluding carboxylic acids is 2. The second kappa shape index (κ2) is 13.1. The van der Waals surface area contributed by atoms with Crippen molar-refractivity contribution in [2.45, 2.75) is 77.2 Å². The lowest BCUT2D eigenvalue weighted by Gasteiger charge is -2.28. The molecule has 2 aromatic rings. The van der Waals surface area contributed by atoms with E-state index in [0.29, 0.717) is 23.6 Å². The van der Waals surface area contributed by atoms with Gasteiger partial charge in [-0.1, -0.05) is 38.8 Å². The molecule has 0 aliphatic heterocycles. The van der Waals surface area contributed by atoms with Crippen molar-refractivity contribution in [3.8, 4) is 0 Å². The van der Waals surface area contributed by atoms with Crippen LogP contribution in [0.2, 0.25) is 0 Å². The fourth-order valence-corrected chi connectivity index (χ4v) is 5.20. The highest BCUT2D eigenvalue weighted by molar-refractivity contribution is 6.16. The second-order valence-electron chi connectivity index (χ2n) is 9.86. The lowest BCUT2D eigenvalue weighted by molar-refractivity contribution is -0.0980. The molecule has 190 valence electrons. The third-order valence-electron chi connectivity index (χ3n) is 7.33. The van der Waals surface area contributed by atoms with Crippen molar-refractivity contribution < 1.29 is 29.4 Å². The van der Waals surface area contributed by atoms with Crippen molar-refractivity contribution in [2.75, 3.05) is 0 Å². The highest BCUT2D eigenvalue weighted by atomic mass is 16.4. The van der Waals surface area contributed by atoms with Crippen LogP contribution in [0.15, 0.2) is 24.3 Å². The van der Waals surface area contributed by atoms with E-state index >= 15 is 0 Å². The van der Waals surface area contributed by atoms with Gasteiger partial charge in [-0.05, 0) is 74.0 Å². The number of nitrogens with two attached hydrogens (primary N) is 1. The van der Waals surface area contributed by atoms with Gasteiger partial charge in [0.25, 0.3) is 0 Å². The molecule has 7 nitrogen and oxygen atoms in total. The molecular formula is C28H37NO6. The Morgan fingerprint density at radius 3 is 1.71 bits per heavy atom. The third-order valence-corrected chi connectivity index (χ3v) is 7.33. The molecule has 2 saturated carbocycles. The number of carboxylic acids is 2. The van der Waals surface area contributed by atoms with Crippen molar-refractivity contribution in [1.82, 2.24) is 0 Å². The smallest absolute Gasteiger partial charge is 0.336 e. The predicted octanol–water partition coefficient (Wildman–Crippen LogP) is 5.68. The van der Waals surface area contributed by atoms with Gasteiger partial charge in [0.15, 0.2) is 6.29 Å². The maximum Gasteiger partial charge on any atom is 0.336 e. The van der Waals surface area contributed by atoms with E-state index in [1.807, 2.05) is 6.79 Å². The van der Waals surface area contributed by atoms with Gasteiger partial charge in [0.1, 0.15) is 6.79 Å². The highest BCUT2D eigenvalue weighted by Gasteiger charge is 2.26. The van der Waals surface area contributed by atoms with Crippen LogP contribution in [-0.4, -0.2) is 41.3 Å². The van der Waals surface area contributed by atoms with Crippen LogP contribution in [0.5, 0.6) is 0 Å². The van der Waals surface area contributed by atoms with Gasteiger partial charge in [0, 0.05) is 22.4 Å². The Labute approximate surface area is 206 Å². The summed E-state index contributed by atoms with van der Waals surface area (Å²) in [6.45, 7) is 6.51. The lowest BCUT2D eigenvalue weighted by Crippen LogP contribution is -2.25. The summed E-state index contributed by atoms with van der Waals surface area (Å²) in [6.07, 6.45) is 9.78. The SMILES string of the molecule is C=O.CC1CCC(N)CC1.CC1CCC(c2ccc(C(=O)O)c3c(C=O)ccc(C(=O)O)c23)CC1. The average Bonchev–Trinajstić information content (AvgIpc) is 2.86. The van der Waals surface area contributed by atoms with Gasteiger partial charge in [-0.25, -0.2) is 9.59 Å². The van der Waals surface area contributed by atoms with Crippen molar-refractivity contribution in [2.24, 2.45) is 17.6 Å². The van der Waals surface area contributed by atoms with Crippen LogP contribution in [0, 0.1) is 11.8 Å². The molecule has 0 spiro atoms. The van der Waals surface area contributed by atoms with Crippen LogP contribution in [0.25, 0.3) is 10.8 Å². The Bertz CT molecular complexity index is 1020. The van der Waals surface area contributed by atoms with Gasteiger partial charge in [-0.2, -0.15) is 0 Å². The quantitative estimate of drug-likeness (QED) is 0.476. The molecule has 0 bridgehead atoms.